The molecule has 21 heavy (non-hydrogen) atoms. The van der Waals surface area contributed by atoms with E-state index in [0.717, 1.165) is 29.8 Å². The van der Waals surface area contributed by atoms with Crippen molar-refractivity contribution < 1.29 is 4.79 Å². The molecule has 0 saturated heterocycles. The monoisotopic (exact) mass is 283 g/mol. The van der Waals surface area contributed by atoms with Gasteiger partial charge in [0.25, 0.3) is 5.91 Å². The first-order valence-electron chi connectivity index (χ1n) is 6.94. The molecule has 1 aliphatic heterocycles. The van der Waals surface area contributed by atoms with E-state index < -0.39 is 0 Å². The molecule has 1 aromatic carbocycles. The van der Waals surface area contributed by atoms with Crippen LogP contribution in [0.25, 0.3) is 0 Å². The summed E-state index contributed by atoms with van der Waals surface area (Å²) in [5.74, 6) is -0.0999. The Kier molecular flexibility index (Phi) is 3.25. The predicted octanol–water partition coefficient (Wildman–Crippen LogP) is 1.56. The fourth-order valence-corrected chi connectivity index (χ4v) is 2.74. The minimum atomic E-state index is -0.130. The standard InChI is InChI=1S/C16H17N3O2/c1-18-10-11(7-8-15(18)20)16(21)19-9-3-4-12-13(17)5-2-6-14(12)19/h2,5-8,10H,3-4,9,17H2,1H3. The highest BCUT2D eigenvalue weighted by Crippen LogP contribution is 2.32. The molecule has 1 aliphatic rings. The van der Waals surface area contributed by atoms with E-state index in [1.165, 1.54) is 10.6 Å². The van der Waals surface area contributed by atoms with Crippen LogP contribution in [0.5, 0.6) is 0 Å². The van der Waals surface area contributed by atoms with Crippen LogP contribution in [0, 0.1) is 0 Å². The van der Waals surface area contributed by atoms with Gasteiger partial charge in [-0.25, -0.2) is 0 Å². The fraction of sp³-hybridized carbons (Fsp3) is 0.250. The van der Waals surface area contributed by atoms with Crippen LogP contribution in [0.2, 0.25) is 0 Å². The SMILES string of the molecule is Cn1cc(C(=O)N2CCCc3c(N)cccc32)ccc1=O. The first-order chi connectivity index (χ1) is 10.1. The maximum Gasteiger partial charge on any atom is 0.259 e. The predicted molar refractivity (Wildman–Crippen MR) is 82.5 cm³/mol. The summed E-state index contributed by atoms with van der Waals surface area (Å²) in [7, 11) is 1.64. The minimum absolute atomic E-state index is 0.0999. The third kappa shape index (κ3) is 2.31. The number of nitrogens with two attached hydrogens (primary N) is 1. The van der Waals surface area contributed by atoms with Crippen LogP contribution in [0.3, 0.4) is 0 Å². The van der Waals surface area contributed by atoms with E-state index in [1.54, 1.807) is 24.2 Å². The second kappa shape index (κ2) is 5.09. The lowest BCUT2D eigenvalue weighted by Gasteiger charge is -2.30. The van der Waals surface area contributed by atoms with Crippen LogP contribution < -0.4 is 16.2 Å². The third-order valence-corrected chi connectivity index (χ3v) is 3.86. The number of carbonyl (C=O) groups is 1. The number of nitrogens with zero attached hydrogens (tertiary/aromatic N) is 2. The number of anilines is 2. The van der Waals surface area contributed by atoms with E-state index in [0.29, 0.717) is 12.1 Å². The topological polar surface area (TPSA) is 68.3 Å². The Labute approximate surface area is 122 Å². The second-order valence-electron chi connectivity index (χ2n) is 5.27. The first-order valence-corrected chi connectivity index (χ1v) is 6.94. The molecule has 0 saturated carbocycles. The Balaban J connectivity index is 2.02. The Hall–Kier alpha value is -2.56. The maximum absolute atomic E-state index is 12.7. The highest BCUT2D eigenvalue weighted by Gasteiger charge is 2.24. The number of hydrogen-bond donors (Lipinski definition) is 1. The molecule has 0 spiro atoms. The molecule has 0 unspecified atom stereocenters. The van der Waals surface area contributed by atoms with Crippen molar-refractivity contribution in [2.24, 2.45) is 7.05 Å². The van der Waals surface area contributed by atoms with Gasteiger partial charge in [-0.05, 0) is 36.6 Å². The summed E-state index contributed by atoms with van der Waals surface area (Å²) in [6.07, 6.45) is 3.35. The number of aryl methyl sites for hydroxylation is 1. The Morgan fingerprint density at radius 1 is 1.24 bits per heavy atom. The van der Waals surface area contributed by atoms with Gasteiger partial charge in [-0.3, -0.25) is 9.59 Å². The van der Waals surface area contributed by atoms with E-state index in [9.17, 15) is 9.59 Å². The normalized spacial score (nSPS) is 13.9. The average Bonchev–Trinajstić information content (AvgIpc) is 2.49. The van der Waals surface area contributed by atoms with E-state index in [2.05, 4.69) is 0 Å². The highest BCUT2D eigenvalue weighted by molar-refractivity contribution is 6.06. The van der Waals surface area contributed by atoms with Crippen molar-refractivity contribution in [2.45, 2.75) is 12.8 Å². The van der Waals surface area contributed by atoms with Crippen LogP contribution in [0.4, 0.5) is 11.4 Å². The molecule has 0 fully saturated rings. The van der Waals surface area contributed by atoms with Gasteiger partial charge in [0.15, 0.2) is 0 Å². The first kappa shape index (κ1) is 13.4. The number of benzene rings is 1. The molecule has 1 amide bonds. The average molecular weight is 283 g/mol. The van der Waals surface area contributed by atoms with Crippen LogP contribution in [0.15, 0.2) is 41.3 Å². The molecule has 0 radical (unpaired) electrons. The smallest absolute Gasteiger partial charge is 0.259 e. The molecule has 2 heterocycles. The van der Waals surface area contributed by atoms with Crippen molar-refractivity contribution in [3.8, 4) is 0 Å². The Morgan fingerprint density at radius 3 is 2.81 bits per heavy atom. The number of nitrogen functional groups attached to an aromatic ring is 1. The second-order valence-corrected chi connectivity index (χ2v) is 5.27. The van der Waals surface area contributed by atoms with Crippen molar-refractivity contribution in [3.05, 3.63) is 58.0 Å². The molecule has 2 N–H and O–H groups in total. The lowest BCUT2D eigenvalue weighted by molar-refractivity contribution is 0.0984. The molecular formula is C16H17N3O2. The molecule has 108 valence electrons. The zero-order chi connectivity index (χ0) is 15.0. The third-order valence-electron chi connectivity index (χ3n) is 3.86. The number of carbonyl (C=O) groups excluding carboxylic acids is 1. The number of aromatic nitrogens is 1. The van der Waals surface area contributed by atoms with Crippen LogP contribution >= 0.6 is 0 Å². The van der Waals surface area contributed by atoms with Crippen LogP contribution in [-0.4, -0.2) is 17.0 Å². The summed E-state index contributed by atoms with van der Waals surface area (Å²) in [6.45, 7) is 0.665. The largest absolute Gasteiger partial charge is 0.398 e. The molecule has 0 atom stereocenters. The van der Waals surface area contributed by atoms with Gasteiger partial charge in [0.1, 0.15) is 0 Å². The zero-order valence-corrected chi connectivity index (χ0v) is 11.9. The molecule has 3 rings (SSSR count). The van der Waals surface area contributed by atoms with Crippen molar-refractivity contribution >= 4 is 17.3 Å². The maximum atomic E-state index is 12.7. The summed E-state index contributed by atoms with van der Waals surface area (Å²) in [4.78, 5) is 25.9. The van der Waals surface area contributed by atoms with Crippen molar-refractivity contribution in [1.29, 1.82) is 0 Å². The van der Waals surface area contributed by atoms with Gasteiger partial charge in [0, 0.05) is 37.2 Å². The molecule has 5 nitrogen and oxygen atoms in total. The van der Waals surface area contributed by atoms with Gasteiger partial charge in [-0.2, -0.15) is 0 Å². The summed E-state index contributed by atoms with van der Waals surface area (Å²) < 4.78 is 1.41. The van der Waals surface area contributed by atoms with Gasteiger partial charge in [-0.1, -0.05) is 6.07 Å². The number of amides is 1. The Bertz CT molecular complexity index is 764. The van der Waals surface area contributed by atoms with Crippen molar-refractivity contribution in [1.82, 2.24) is 4.57 Å². The van der Waals surface area contributed by atoms with E-state index >= 15 is 0 Å². The lowest BCUT2D eigenvalue weighted by atomic mass is 9.99. The van der Waals surface area contributed by atoms with E-state index in [-0.39, 0.29) is 11.5 Å². The molecule has 1 aromatic heterocycles. The molecule has 5 heteroatoms. The number of hydrogen-bond acceptors (Lipinski definition) is 3. The van der Waals surface area contributed by atoms with Gasteiger partial charge < -0.3 is 15.2 Å². The van der Waals surface area contributed by atoms with Gasteiger partial charge in [0.2, 0.25) is 5.56 Å². The summed E-state index contributed by atoms with van der Waals surface area (Å²) >= 11 is 0. The van der Waals surface area contributed by atoms with E-state index in [4.69, 9.17) is 5.73 Å². The van der Waals surface area contributed by atoms with E-state index in [1.807, 2.05) is 18.2 Å². The molecule has 0 aliphatic carbocycles. The number of rotatable bonds is 1. The Morgan fingerprint density at radius 2 is 2.05 bits per heavy atom. The number of pyridine rings is 1. The van der Waals surface area contributed by atoms with Crippen LogP contribution in [-0.2, 0) is 13.5 Å². The summed E-state index contributed by atoms with van der Waals surface area (Å²) in [5.41, 5.74) is 9.01. The lowest BCUT2D eigenvalue weighted by Crippen LogP contribution is -2.36. The number of fused-ring (bicyclic) bond motifs is 1. The van der Waals surface area contributed by atoms with Crippen molar-refractivity contribution in [2.75, 3.05) is 17.2 Å². The molecule has 2 aromatic rings. The quantitative estimate of drug-likeness (QED) is 0.808. The van der Waals surface area contributed by atoms with Crippen molar-refractivity contribution in [3.63, 3.8) is 0 Å². The van der Waals surface area contributed by atoms with Gasteiger partial charge in [0.05, 0.1) is 5.56 Å². The summed E-state index contributed by atoms with van der Waals surface area (Å²) in [5, 5.41) is 0. The minimum Gasteiger partial charge on any atom is -0.398 e. The van der Waals surface area contributed by atoms with Gasteiger partial charge in [-0.15, -0.1) is 0 Å². The van der Waals surface area contributed by atoms with Crippen LogP contribution in [0.1, 0.15) is 22.3 Å². The van der Waals surface area contributed by atoms with Gasteiger partial charge >= 0.3 is 0 Å². The highest BCUT2D eigenvalue weighted by atomic mass is 16.2. The fourth-order valence-electron chi connectivity index (χ4n) is 2.74. The molecule has 0 bridgehead atoms. The summed E-state index contributed by atoms with van der Waals surface area (Å²) in [6, 6.07) is 8.63. The zero-order valence-electron chi connectivity index (χ0n) is 11.9. The molecular weight excluding hydrogens is 266 g/mol.